The van der Waals surface area contributed by atoms with E-state index < -0.39 is 6.10 Å². The van der Waals surface area contributed by atoms with E-state index in [-0.39, 0.29) is 6.04 Å². The van der Waals surface area contributed by atoms with Gasteiger partial charge in [-0.15, -0.1) is 0 Å². The fourth-order valence-electron chi connectivity index (χ4n) is 0.998. The first kappa shape index (κ1) is 11.4. The molecule has 0 bridgehead atoms. The van der Waals surface area contributed by atoms with E-state index in [4.69, 9.17) is 5.73 Å². The first-order valence-corrected chi connectivity index (χ1v) is 5.78. The Morgan fingerprint density at radius 1 is 1.54 bits per heavy atom. The van der Waals surface area contributed by atoms with E-state index in [1.54, 1.807) is 6.92 Å². The number of benzene rings is 1. The summed E-state index contributed by atoms with van der Waals surface area (Å²) in [5.41, 5.74) is 6.75. The minimum absolute atomic E-state index is 0.304. The number of aliphatic hydroxyl groups is 1. The van der Waals surface area contributed by atoms with Crippen LogP contribution in [0.5, 0.6) is 0 Å². The Bertz CT molecular complexity index is 304. The minimum Gasteiger partial charge on any atom is -0.391 e. The normalized spacial score (nSPS) is 15.5. The molecule has 0 aromatic heterocycles. The Morgan fingerprint density at radius 2 is 2.15 bits per heavy atom. The molecule has 2 nitrogen and oxygen atoms in total. The molecular weight excluding hydrogens is 345 g/mol. The molecule has 0 unspecified atom stereocenters. The highest BCUT2D eigenvalue weighted by Gasteiger charge is 2.12. The van der Waals surface area contributed by atoms with Crippen LogP contribution in [0, 0.1) is 3.57 Å². The summed E-state index contributed by atoms with van der Waals surface area (Å²) in [4.78, 5) is 0. The van der Waals surface area contributed by atoms with Gasteiger partial charge in [0.1, 0.15) is 0 Å². The van der Waals surface area contributed by atoms with Gasteiger partial charge in [-0.25, -0.2) is 0 Å². The van der Waals surface area contributed by atoms with Crippen LogP contribution in [0.4, 0.5) is 0 Å². The van der Waals surface area contributed by atoms with Crippen molar-refractivity contribution in [1.82, 2.24) is 0 Å². The molecule has 0 heterocycles. The maximum absolute atomic E-state index is 9.30. The van der Waals surface area contributed by atoms with Crippen molar-refractivity contribution in [3.05, 3.63) is 31.8 Å². The average molecular weight is 356 g/mol. The van der Waals surface area contributed by atoms with E-state index in [0.717, 1.165) is 13.6 Å². The van der Waals surface area contributed by atoms with Crippen molar-refractivity contribution in [2.75, 3.05) is 0 Å². The fourth-order valence-corrected chi connectivity index (χ4v) is 1.78. The van der Waals surface area contributed by atoms with E-state index >= 15 is 0 Å². The highest BCUT2D eigenvalue weighted by Crippen LogP contribution is 2.23. The van der Waals surface area contributed by atoms with Gasteiger partial charge < -0.3 is 10.8 Å². The summed E-state index contributed by atoms with van der Waals surface area (Å²) in [7, 11) is 0. The molecule has 1 aromatic carbocycles. The molecule has 0 saturated heterocycles. The van der Waals surface area contributed by atoms with Crippen LogP contribution in [0.3, 0.4) is 0 Å². The lowest BCUT2D eigenvalue weighted by Crippen LogP contribution is -2.23. The van der Waals surface area contributed by atoms with Crippen molar-refractivity contribution in [3.8, 4) is 0 Å². The van der Waals surface area contributed by atoms with Crippen LogP contribution >= 0.6 is 38.5 Å². The second-order valence-electron chi connectivity index (χ2n) is 2.94. The van der Waals surface area contributed by atoms with Gasteiger partial charge in [-0.3, -0.25) is 0 Å². The molecule has 0 fully saturated rings. The number of nitrogens with two attached hydrogens (primary N) is 1. The van der Waals surface area contributed by atoms with Crippen molar-refractivity contribution in [2.24, 2.45) is 5.73 Å². The van der Waals surface area contributed by atoms with Crippen molar-refractivity contribution in [1.29, 1.82) is 0 Å². The van der Waals surface area contributed by atoms with Crippen LogP contribution in [0.2, 0.25) is 0 Å². The summed E-state index contributed by atoms with van der Waals surface area (Å²) in [6, 6.07) is 5.53. The third-order valence-electron chi connectivity index (χ3n) is 1.85. The molecule has 0 radical (unpaired) electrons. The maximum Gasteiger partial charge on any atom is 0.0704 e. The summed E-state index contributed by atoms with van der Waals surface area (Å²) < 4.78 is 2.15. The molecule has 1 aromatic rings. The SMILES string of the molecule is C[C@@H](O)[C@H](N)c1ccc(Br)c(I)c1. The van der Waals surface area contributed by atoms with Crippen molar-refractivity contribution < 1.29 is 5.11 Å². The van der Waals surface area contributed by atoms with Gasteiger partial charge in [0.2, 0.25) is 0 Å². The Balaban J connectivity index is 2.97. The second-order valence-corrected chi connectivity index (χ2v) is 4.96. The van der Waals surface area contributed by atoms with E-state index in [1.807, 2.05) is 18.2 Å². The van der Waals surface area contributed by atoms with Crippen LogP contribution in [-0.4, -0.2) is 11.2 Å². The van der Waals surface area contributed by atoms with Gasteiger partial charge in [-0.05, 0) is 63.1 Å². The van der Waals surface area contributed by atoms with Gasteiger partial charge in [0, 0.05) is 8.04 Å². The largest absolute Gasteiger partial charge is 0.391 e. The summed E-state index contributed by atoms with van der Waals surface area (Å²) in [5, 5.41) is 9.30. The molecule has 2 atom stereocenters. The Labute approximate surface area is 99.8 Å². The van der Waals surface area contributed by atoms with E-state index in [2.05, 4.69) is 38.5 Å². The van der Waals surface area contributed by atoms with Gasteiger partial charge in [0.15, 0.2) is 0 Å². The van der Waals surface area contributed by atoms with Crippen molar-refractivity contribution >= 4 is 38.5 Å². The van der Waals surface area contributed by atoms with Crippen LogP contribution in [0.25, 0.3) is 0 Å². The summed E-state index contributed by atoms with van der Waals surface area (Å²) in [6.45, 7) is 1.69. The lowest BCUT2D eigenvalue weighted by molar-refractivity contribution is 0.164. The molecule has 0 aliphatic carbocycles. The third-order valence-corrected chi connectivity index (χ3v) is 4.17. The predicted molar refractivity (Wildman–Crippen MR) is 65.5 cm³/mol. The Morgan fingerprint density at radius 3 is 2.62 bits per heavy atom. The molecule has 0 amide bonds. The van der Waals surface area contributed by atoms with Crippen LogP contribution in [0.15, 0.2) is 22.7 Å². The van der Waals surface area contributed by atoms with Gasteiger partial charge in [0.05, 0.1) is 12.1 Å². The standard InChI is InChI=1S/C9H11BrINO/c1-5(13)9(12)6-2-3-7(10)8(11)4-6/h2-5,9,13H,12H2,1H3/t5-,9+/m1/s1. The maximum atomic E-state index is 9.30. The van der Waals surface area contributed by atoms with E-state index in [0.29, 0.717) is 0 Å². The molecule has 0 spiro atoms. The lowest BCUT2D eigenvalue weighted by Gasteiger charge is -2.15. The molecule has 4 heteroatoms. The summed E-state index contributed by atoms with van der Waals surface area (Å²) in [6.07, 6.45) is -0.517. The highest BCUT2D eigenvalue weighted by atomic mass is 127. The molecule has 72 valence electrons. The van der Waals surface area contributed by atoms with Gasteiger partial charge >= 0.3 is 0 Å². The zero-order valence-corrected chi connectivity index (χ0v) is 10.9. The van der Waals surface area contributed by atoms with Gasteiger partial charge in [0.25, 0.3) is 0 Å². The predicted octanol–water partition coefficient (Wildman–Crippen LogP) is 2.43. The van der Waals surface area contributed by atoms with E-state index in [9.17, 15) is 5.11 Å². The van der Waals surface area contributed by atoms with Crippen molar-refractivity contribution in [3.63, 3.8) is 0 Å². The molecule has 13 heavy (non-hydrogen) atoms. The molecular formula is C9H11BrINO. The number of aliphatic hydroxyl groups excluding tert-OH is 1. The Hall–Kier alpha value is 0.350. The number of rotatable bonds is 2. The number of hydrogen-bond acceptors (Lipinski definition) is 2. The van der Waals surface area contributed by atoms with Gasteiger partial charge in [-0.2, -0.15) is 0 Å². The first-order valence-electron chi connectivity index (χ1n) is 3.91. The molecule has 3 N–H and O–H groups in total. The first-order chi connectivity index (χ1) is 6.02. The highest BCUT2D eigenvalue weighted by molar-refractivity contribution is 14.1. The molecule has 0 saturated carbocycles. The zero-order valence-electron chi connectivity index (χ0n) is 7.17. The molecule has 1 rings (SSSR count). The monoisotopic (exact) mass is 355 g/mol. The average Bonchev–Trinajstić information content (AvgIpc) is 2.08. The number of halogens is 2. The van der Waals surface area contributed by atoms with Crippen LogP contribution in [-0.2, 0) is 0 Å². The van der Waals surface area contributed by atoms with E-state index in [1.165, 1.54) is 0 Å². The third kappa shape index (κ3) is 2.90. The Kier molecular flexibility index (Phi) is 4.15. The quantitative estimate of drug-likeness (QED) is 0.800. The lowest BCUT2D eigenvalue weighted by atomic mass is 10.0. The number of hydrogen-bond donors (Lipinski definition) is 2. The molecule has 0 aliphatic heterocycles. The smallest absolute Gasteiger partial charge is 0.0704 e. The minimum atomic E-state index is -0.517. The topological polar surface area (TPSA) is 46.2 Å². The van der Waals surface area contributed by atoms with Crippen LogP contribution in [0.1, 0.15) is 18.5 Å². The second kappa shape index (κ2) is 4.72. The summed E-state index contributed by atoms with van der Waals surface area (Å²) in [5.74, 6) is 0. The van der Waals surface area contributed by atoms with Crippen molar-refractivity contribution in [2.45, 2.75) is 19.1 Å². The zero-order chi connectivity index (χ0) is 10.0. The van der Waals surface area contributed by atoms with Crippen LogP contribution < -0.4 is 5.73 Å². The fraction of sp³-hybridized carbons (Fsp3) is 0.333. The molecule has 0 aliphatic rings. The van der Waals surface area contributed by atoms with Gasteiger partial charge in [-0.1, -0.05) is 6.07 Å². The summed E-state index contributed by atoms with van der Waals surface area (Å²) >= 11 is 5.63.